The first-order chi connectivity index (χ1) is 12.2. The first-order valence-electron chi connectivity index (χ1n) is 8.84. The predicted molar refractivity (Wildman–Crippen MR) is 116 cm³/mol. The lowest BCUT2D eigenvalue weighted by Gasteiger charge is -2.11. The Labute approximate surface area is 173 Å². The van der Waals surface area contributed by atoms with E-state index in [4.69, 9.17) is 4.74 Å². The zero-order valence-electron chi connectivity index (χ0n) is 15.6. The third-order valence-corrected chi connectivity index (χ3v) is 3.28. The lowest BCUT2D eigenvalue weighted by molar-refractivity contribution is -0.114. The fourth-order valence-corrected chi connectivity index (χ4v) is 1.97. The molecule has 0 aliphatic carbocycles. The van der Waals surface area contributed by atoms with Crippen LogP contribution in [0.4, 0.5) is 5.69 Å². The minimum absolute atomic E-state index is 0. The summed E-state index contributed by atoms with van der Waals surface area (Å²) in [4.78, 5) is 16.2. The molecule has 0 bridgehead atoms. The monoisotopic (exact) mass is 478 g/mol. The molecule has 0 aliphatic rings. The van der Waals surface area contributed by atoms with Crippen LogP contribution in [-0.4, -0.2) is 49.8 Å². The molecule has 0 atom stereocenters. The number of ether oxygens (including phenoxy) is 1. The number of anilines is 1. The Morgan fingerprint density at radius 3 is 2.46 bits per heavy atom. The van der Waals surface area contributed by atoms with Gasteiger partial charge in [0.05, 0.1) is 0 Å². The molecule has 0 aliphatic heterocycles. The van der Waals surface area contributed by atoms with Crippen molar-refractivity contribution in [3.05, 3.63) is 24.3 Å². The summed E-state index contributed by atoms with van der Waals surface area (Å²) >= 11 is 0. The first kappa shape index (κ1) is 24.5. The van der Waals surface area contributed by atoms with Crippen LogP contribution in [0.15, 0.2) is 29.3 Å². The minimum Gasteiger partial charge on any atom is -0.508 e. The number of phenols is 1. The van der Waals surface area contributed by atoms with Gasteiger partial charge in [0.15, 0.2) is 5.96 Å². The van der Waals surface area contributed by atoms with E-state index in [0.717, 1.165) is 39.0 Å². The number of amides is 1. The number of guanidine groups is 1. The van der Waals surface area contributed by atoms with Gasteiger partial charge < -0.3 is 25.8 Å². The Morgan fingerprint density at radius 2 is 1.81 bits per heavy atom. The Hall–Kier alpha value is -1.55. The summed E-state index contributed by atoms with van der Waals surface area (Å²) in [5.74, 6) is 0.552. The number of unbranched alkanes of at least 4 members (excludes halogenated alkanes) is 1. The van der Waals surface area contributed by atoms with Crippen LogP contribution in [0.25, 0.3) is 0 Å². The Balaban J connectivity index is 0.00000625. The SMILES string of the molecule is CCCCOCCCNC(=NCC(=O)Nc1ccc(O)cc1)NCC.I. The third-order valence-electron chi connectivity index (χ3n) is 3.28. The Bertz CT molecular complexity index is 524. The molecule has 0 aromatic heterocycles. The van der Waals surface area contributed by atoms with Crippen molar-refractivity contribution < 1.29 is 14.6 Å². The molecule has 148 valence electrons. The molecule has 1 aromatic carbocycles. The van der Waals surface area contributed by atoms with E-state index in [2.05, 4.69) is 27.9 Å². The average molecular weight is 478 g/mol. The summed E-state index contributed by atoms with van der Waals surface area (Å²) in [7, 11) is 0. The standard InChI is InChI=1S/C18H30N4O3.HI/c1-3-5-12-25-13-6-11-20-18(19-4-2)21-14-17(24)22-15-7-9-16(23)10-8-15;/h7-10,23H,3-6,11-14H2,1-2H3,(H,22,24)(H2,19,20,21);1H. The molecule has 4 N–H and O–H groups in total. The highest BCUT2D eigenvalue weighted by atomic mass is 127. The smallest absolute Gasteiger partial charge is 0.246 e. The number of benzene rings is 1. The van der Waals surface area contributed by atoms with E-state index in [1.54, 1.807) is 12.1 Å². The van der Waals surface area contributed by atoms with Gasteiger partial charge in [-0.3, -0.25) is 4.79 Å². The van der Waals surface area contributed by atoms with Crippen molar-refractivity contribution >= 4 is 41.5 Å². The normalized spacial score (nSPS) is 10.8. The maximum atomic E-state index is 11.9. The van der Waals surface area contributed by atoms with Gasteiger partial charge >= 0.3 is 0 Å². The highest BCUT2D eigenvalue weighted by Gasteiger charge is 2.03. The van der Waals surface area contributed by atoms with Crippen LogP contribution in [0.2, 0.25) is 0 Å². The number of aromatic hydroxyl groups is 1. The number of phenolic OH excluding ortho intramolecular Hbond substituents is 1. The second-order valence-electron chi connectivity index (χ2n) is 5.54. The van der Waals surface area contributed by atoms with E-state index < -0.39 is 0 Å². The molecule has 1 aromatic rings. The van der Waals surface area contributed by atoms with E-state index in [1.165, 1.54) is 12.1 Å². The Morgan fingerprint density at radius 1 is 1.12 bits per heavy atom. The van der Waals surface area contributed by atoms with Gasteiger partial charge in [0, 0.05) is 32.0 Å². The lowest BCUT2D eigenvalue weighted by Crippen LogP contribution is -2.38. The molecule has 0 radical (unpaired) electrons. The van der Waals surface area contributed by atoms with Crippen LogP contribution in [0.1, 0.15) is 33.1 Å². The maximum Gasteiger partial charge on any atom is 0.246 e. The highest BCUT2D eigenvalue weighted by Crippen LogP contribution is 2.13. The molecule has 0 saturated heterocycles. The summed E-state index contributed by atoms with van der Waals surface area (Å²) in [6.07, 6.45) is 3.11. The number of carbonyl (C=O) groups excluding carboxylic acids is 1. The summed E-state index contributed by atoms with van der Waals surface area (Å²) in [5.41, 5.74) is 0.625. The van der Waals surface area contributed by atoms with Crippen molar-refractivity contribution in [3.8, 4) is 5.75 Å². The van der Waals surface area contributed by atoms with Crippen LogP contribution in [-0.2, 0) is 9.53 Å². The van der Waals surface area contributed by atoms with Gasteiger partial charge in [-0.25, -0.2) is 4.99 Å². The number of rotatable bonds is 11. The molecule has 0 saturated carbocycles. The van der Waals surface area contributed by atoms with Crippen molar-refractivity contribution in [1.29, 1.82) is 0 Å². The predicted octanol–water partition coefficient (Wildman–Crippen LogP) is 2.71. The topological polar surface area (TPSA) is 95.0 Å². The number of carbonyl (C=O) groups is 1. The number of aliphatic imine (C=N–C) groups is 1. The number of hydrogen-bond donors (Lipinski definition) is 4. The largest absolute Gasteiger partial charge is 0.508 e. The molecule has 1 rings (SSSR count). The lowest BCUT2D eigenvalue weighted by atomic mass is 10.3. The molecular weight excluding hydrogens is 447 g/mol. The first-order valence-corrected chi connectivity index (χ1v) is 8.84. The van der Waals surface area contributed by atoms with E-state index in [0.29, 0.717) is 18.3 Å². The molecule has 1 amide bonds. The summed E-state index contributed by atoms with van der Waals surface area (Å²) < 4.78 is 5.51. The van der Waals surface area contributed by atoms with Gasteiger partial charge in [0.25, 0.3) is 0 Å². The quantitative estimate of drug-likeness (QED) is 0.129. The Kier molecular flexibility index (Phi) is 14.8. The van der Waals surface area contributed by atoms with Gasteiger partial charge in [-0.05, 0) is 44.0 Å². The van der Waals surface area contributed by atoms with Crippen LogP contribution in [0.5, 0.6) is 5.75 Å². The molecule has 26 heavy (non-hydrogen) atoms. The van der Waals surface area contributed by atoms with Crippen molar-refractivity contribution in [3.63, 3.8) is 0 Å². The molecule has 7 nitrogen and oxygen atoms in total. The summed E-state index contributed by atoms with van der Waals surface area (Å²) in [6, 6.07) is 6.32. The van der Waals surface area contributed by atoms with Crippen molar-refractivity contribution in [2.24, 2.45) is 4.99 Å². The molecule has 8 heteroatoms. The summed E-state index contributed by atoms with van der Waals surface area (Å²) in [6.45, 7) is 7.11. The molecule has 0 spiro atoms. The number of nitrogens with one attached hydrogen (secondary N) is 3. The third kappa shape index (κ3) is 11.9. The van der Waals surface area contributed by atoms with E-state index in [9.17, 15) is 9.90 Å². The average Bonchev–Trinajstić information content (AvgIpc) is 2.60. The van der Waals surface area contributed by atoms with Gasteiger partial charge in [-0.15, -0.1) is 24.0 Å². The van der Waals surface area contributed by atoms with E-state index >= 15 is 0 Å². The zero-order valence-corrected chi connectivity index (χ0v) is 17.9. The number of nitrogens with zero attached hydrogens (tertiary/aromatic N) is 1. The fraction of sp³-hybridized carbons (Fsp3) is 0.556. The zero-order chi connectivity index (χ0) is 18.3. The highest BCUT2D eigenvalue weighted by molar-refractivity contribution is 14.0. The van der Waals surface area contributed by atoms with Crippen LogP contribution in [0, 0.1) is 0 Å². The fourth-order valence-electron chi connectivity index (χ4n) is 1.97. The van der Waals surface area contributed by atoms with Crippen molar-refractivity contribution in [1.82, 2.24) is 10.6 Å². The minimum atomic E-state index is -0.217. The van der Waals surface area contributed by atoms with E-state index in [1.807, 2.05) is 6.92 Å². The molecule has 0 heterocycles. The molecular formula is C18H31IN4O3. The van der Waals surface area contributed by atoms with Crippen molar-refractivity contribution in [2.45, 2.75) is 33.1 Å². The van der Waals surface area contributed by atoms with E-state index in [-0.39, 0.29) is 42.2 Å². The number of halogens is 1. The maximum absolute atomic E-state index is 11.9. The second kappa shape index (κ2) is 15.7. The molecule has 0 unspecified atom stereocenters. The van der Waals surface area contributed by atoms with Crippen molar-refractivity contribution in [2.75, 3.05) is 38.2 Å². The number of hydrogen-bond acceptors (Lipinski definition) is 4. The van der Waals surface area contributed by atoms with Gasteiger partial charge in [-0.1, -0.05) is 13.3 Å². The van der Waals surface area contributed by atoms with Gasteiger partial charge in [0.1, 0.15) is 12.3 Å². The van der Waals surface area contributed by atoms with Crippen LogP contribution < -0.4 is 16.0 Å². The van der Waals surface area contributed by atoms with Gasteiger partial charge in [0.2, 0.25) is 5.91 Å². The second-order valence-corrected chi connectivity index (χ2v) is 5.54. The van der Waals surface area contributed by atoms with Crippen LogP contribution in [0.3, 0.4) is 0 Å². The summed E-state index contributed by atoms with van der Waals surface area (Å²) in [5, 5.41) is 18.2. The van der Waals surface area contributed by atoms with Crippen LogP contribution >= 0.6 is 24.0 Å². The molecule has 0 fully saturated rings. The van der Waals surface area contributed by atoms with Gasteiger partial charge in [-0.2, -0.15) is 0 Å².